The molecule has 1 amide bonds. The first-order chi connectivity index (χ1) is 16.8. The van der Waals surface area contributed by atoms with Crippen molar-refractivity contribution in [3.8, 4) is 5.75 Å². The number of amides is 1. The molecule has 0 bridgehead atoms. The lowest BCUT2D eigenvalue weighted by Crippen LogP contribution is -2.53. The van der Waals surface area contributed by atoms with Crippen molar-refractivity contribution in [1.82, 2.24) is 19.4 Å². The molecule has 0 saturated carbocycles. The van der Waals surface area contributed by atoms with Crippen LogP contribution in [0.4, 0.5) is 16.3 Å². The molecular formula is C23H23N7O5. The Morgan fingerprint density at radius 2 is 2.03 bits per heavy atom. The lowest BCUT2D eigenvalue weighted by Gasteiger charge is -2.41. The minimum absolute atomic E-state index is 0.0352. The molecule has 0 spiro atoms. The molecular weight excluding hydrogens is 454 g/mol. The lowest BCUT2D eigenvalue weighted by atomic mass is 9.92. The third-order valence-electron chi connectivity index (χ3n) is 6.23. The summed E-state index contributed by atoms with van der Waals surface area (Å²) >= 11 is 0. The van der Waals surface area contributed by atoms with E-state index in [1.165, 1.54) is 41.4 Å². The van der Waals surface area contributed by atoms with Crippen LogP contribution in [0.1, 0.15) is 13.3 Å². The monoisotopic (exact) mass is 477 g/mol. The van der Waals surface area contributed by atoms with E-state index in [4.69, 9.17) is 11.3 Å². The summed E-state index contributed by atoms with van der Waals surface area (Å²) in [6.07, 6.45) is 2.97. The number of likely N-dealkylation sites (tertiary alicyclic amines) is 1. The highest BCUT2D eigenvalue weighted by Gasteiger charge is 2.33. The molecule has 12 nitrogen and oxygen atoms in total. The summed E-state index contributed by atoms with van der Waals surface area (Å²) in [6.45, 7) is 10.0. The molecule has 1 aliphatic heterocycles. The summed E-state index contributed by atoms with van der Waals surface area (Å²) in [5.41, 5.74) is 0.237. The number of nitrogens with zero attached hydrogens (tertiary/aromatic N) is 7. The molecule has 1 aliphatic rings. The van der Waals surface area contributed by atoms with Gasteiger partial charge < -0.3 is 19.4 Å². The van der Waals surface area contributed by atoms with E-state index in [2.05, 4.69) is 21.7 Å². The number of ether oxygens (including phenoxy) is 1. The van der Waals surface area contributed by atoms with Crippen molar-refractivity contribution in [2.45, 2.75) is 19.4 Å². The minimum Gasteiger partial charge on any atom is -0.410 e. The summed E-state index contributed by atoms with van der Waals surface area (Å²) in [4.78, 5) is 50.9. The number of anilines is 1. The molecule has 4 rings (SSSR count). The minimum atomic E-state index is -0.719. The molecule has 1 saturated heterocycles. The molecule has 0 aliphatic carbocycles. The van der Waals surface area contributed by atoms with Gasteiger partial charge in [0.1, 0.15) is 17.9 Å². The first-order valence-corrected chi connectivity index (χ1v) is 10.9. The molecule has 180 valence electrons. The normalized spacial score (nSPS) is 17.6. The van der Waals surface area contributed by atoms with E-state index in [1.807, 2.05) is 11.9 Å². The van der Waals surface area contributed by atoms with Crippen LogP contribution < -0.4 is 9.64 Å². The molecule has 0 unspecified atom stereocenters. The topological polar surface area (TPSA) is 128 Å². The molecule has 3 heterocycles. The van der Waals surface area contributed by atoms with E-state index in [-0.39, 0.29) is 35.8 Å². The highest BCUT2D eigenvalue weighted by molar-refractivity contribution is 5.94. The van der Waals surface area contributed by atoms with Crippen LogP contribution in [-0.2, 0) is 4.79 Å². The van der Waals surface area contributed by atoms with Gasteiger partial charge in [-0.2, -0.15) is 0 Å². The highest BCUT2D eigenvalue weighted by Crippen LogP contribution is 2.30. The van der Waals surface area contributed by atoms with Gasteiger partial charge in [0.05, 0.1) is 16.4 Å². The largest absolute Gasteiger partial charge is 0.425 e. The van der Waals surface area contributed by atoms with E-state index >= 15 is 0 Å². The number of fused-ring (bicyclic) bond motifs is 1. The number of aromatic nitrogens is 3. The van der Waals surface area contributed by atoms with Crippen molar-refractivity contribution >= 4 is 34.5 Å². The zero-order chi connectivity index (χ0) is 25.1. The second-order valence-corrected chi connectivity index (χ2v) is 8.34. The van der Waals surface area contributed by atoms with Crippen LogP contribution in [0, 0.1) is 22.6 Å². The molecule has 12 heteroatoms. The van der Waals surface area contributed by atoms with E-state index in [1.54, 1.807) is 11.0 Å². The summed E-state index contributed by atoms with van der Waals surface area (Å²) in [5, 5.41) is 11.4. The van der Waals surface area contributed by atoms with E-state index < -0.39 is 11.0 Å². The molecule has 0 N–H and O–H groups in total. The van der Waals surface area contributed by atoms with Gasteiger partial charge >= 0.3 is 12.0 Å². The van der Waals surface area contributed by atoms with Gasteiger partial charge in [-0.05, 0) is 30.5 Å². The number of rotatable bonds is 5. The van der Waals surface area contributed by atoms with Gasteiger partial charge in [0.15, 0.2) is 5.65 Å². The fourth-order valence-electron chi connectivity index (χ4n) is 4.26. The fraction of sp³-hybridized carbons (Fsp3) is 0.348. The second-order valence-electron chi connectivity index (χ2n) is 8.34. The first-order valence-electron chi connectivity index (χ1n) is 10.9. The van der Waals surface area contributed by atoms with Gasteiger partial charge in [-0.3, -0.25) is 14.9 Å². The zero-order valence-electron chi connectivity index (χ0n) is 19.2. The van der Waals surface area contributed by atoms with Crippen LogP contribution in [0.5, 0.6) is 5.75 Å². The maximum Gasteiger partial charge on any atom is 0.425 e. The number of piperidine rings is 1. The Hall–Kier alpha value is -4.53. The third-order valence-corrected chi connectivity index (χ3v) is 6.23. The smallest absolute Gasteiger partial charge is 0.410 e. The SMILES string of the molecule is [C-]#[N+]CC(=O)N1CC[C@@H](C)[C@@H](N(C)c2ncnc3c2ccn3C(=O)Oc2ccc([N+](=O)[O-])cc2)C1. The van der Waals surface area contributed by atoms with Gasteiger partial charge in [-0.25, -0.2) is 25.9 Å². The molecule has 0 radical (unpaired) electrons. The zero-order valence-corrected chi connectivity index (χ0v) is 19.2. The van der Waals surface area contributed by atoms with Crippen LogP contribution in [0.25, 0.3) is 15.9 Å². The Kier molecular flexibility index (Phi) is 6.59. The van der Waals surface area contributed by atoms with Crippen molar-refractivity contribution in [3.63, 3.8) is 0 Å². The number of carbonyl (C=O) groups excluding carboxylic acids is 2. The Labute approximate surface area is 200 Å². The van der Waals surface area contributed by atoms with Crippen molar-refractivity contribution in [2.75, 3.05) is 31.6 Å². The quantitative estimate of drug-likeness (QED) is 0.312. The number of carbonyl (C=O) groups is 2. The molecule has 1 aromatic carbocycles. The molecule has 2 aromatic heterocycles. The van der Waals surface area contributed by atoms with Gasteiger partial charge in [0, 0.05) is 38.5 Å². The highest BCUT2D eigenvalue weighted by atomic mass is 16.6. The van der Waals surface area contributed by atoms with Crippen molar-refractivity contribution in [3.05, 3.63) is 64.4 Å². The number of nitro groups is 1. The number of likely N-dealkylation sites (N-methyl/N-ethyl adjacent to an activating group) is 1. The maximum absolute atomic E-state index is 12.8. The second kappa shape index (κ2) is 9.76. The Morgan fingerprint density at radius 1 is 1.29 bits per heavy atom. The summed E-state index contributed by atoms with van der Waals surface area (Å²) in [5.74, 6) is 0.858. The van der Waals surface area contributed by atoms with Gasteiger partial charge in [0.2, 0.25) is 0 Å². The van der Waals surface area contributed by atoms with Crippen LogP contribution in [0.15, 0.2) is 42.9 Å². The van der Waals surface area contributed by atoms with Crippen LogP contribution >= 0.6 is 0 Å². The van der Waals surface area contributed by atoms with E-state index in [0.29, 0.717) is 29.9 Å². The summed E-state index contributed by atoms with van der Waals surface area (Å²) in [6, 6.07) is 6.88. The molecule has 3 aromatic rings. The molecule has 1 fully saturated rings. The van der Waals surface area contributed by atoms with Crippen LogP contribution in [0.2, 0.25) is 0 Å². The Morgan fingerprint density at radius 3 is 2.71 bits per heavy atom. The lowest BCUT2D eigenvalue weighted by molar-refractivity contribution is -0.384. The number of non-ortho nitro benzene ring substituents is 1. The standard InChI is InChI=1S/C23H23N7O5/c1-15-8-10-28(20(31)12-24-2)13-19(15)27(3)21-18-9-11-29(22(18)26-14-25-21)23(32)35-17-6-4-16(5-7-17)30(33)34/h4-7,9,11,14-15,19H,8,10,12-13H2,1,3H3/t15-,19+/m1/s1. The Balaban J connectivity index is 1.57. The molecule has 2 atom stereocenters. The van der Waals surface area contributed by atoms with Gasteiger partial charge in [0.25, 0.3) is 12.2 Å². The molecule has 35 heavy (non-hydrogen) atoms. The number of hydrogen-bond donors (Lipinski definition) is 0. The van der Waals surface area contributed by atoms with Gasteiger partial charge in [-0.15, -0.1) is 0 Å². The number of benzene rings is 1. The van der Waals surface area contributed by atoms with Crippen LogP contribution in [-0.4, -0.2) is 69.1 Å². The van der Waals surface area contributed by atoms with Crippen molar-refractivity contribution in [1.29, 1.82) is 0 Å². The summed E-state index contributed by atoms with van der Waals surface area (Å²) in [7, 11) is 1.89. The van der Waals surface area contributed by atoms with Crippen molar-refractivity contribution in [2.24, 2.45) is 5.92 Å². The van der Waals surface area contributed by atoms with E-state index in [9.17, 15) is 19.7 Å². The third kappa shape index (κ3) is 4.74. The fourth-order valence-corrected chi connectivity index (χ4v) is 4.26. The predicted octanol–water partition coefficient (Wildman–Crippen LogP) is 2.98. The van der Waals surface area contributed by atoms with Crippen molar-refractivity contribution < 1.29 is 19.2 Å². The first kappa shape index (κ1) is 23.6. The maximum atomic E-state index is 12.8. The average molecular weight is 477 g/mol. The van der Waals surface area contributed by atoms with Crippen LogP contribution in [0.3, 0.4) is 0 Å². The summed E-state index contributed by atoms with van der Waals surface area (Å²) < 4.78 is 6.60. The number of hydrogen-bond acceptors (Lipinski definition) is 8. The Bertz CT molecular complexity index is 1310. The average Bonchev–Trinajstić information content (AvgIpc) is 3.29. The predicted molar refractivity (Wildman–Crippen MR) is 126 cm³/mol. The van der Waals surface area contributed by atoms with E-state index in [0.717, 1.165) is 6.42 Å². The number of nitro benzene ring substituents is 1. The van der Waals surface area contributed by atoms with Gasteiger partial charge in [-0.1, -0.05) is 6.92 Å².